The molecule has 0 atom stereocenters. The van der Waals surface area contributed by atoms with Crippen LogP contribution < -0.4 is 15.4 Å². The van der Waals surface area contributed by atoms with E-state index in [0.717, 1.165) is 23.6 Å². The van der Waals surface area contributed by atoms with E-state index in [2.05, 4.69) is 27.3 Å². The lowest BCUT2D eigenvalue weighted by molar-refractivity contribution is 0.587. The molecule has 0 saturated heterocycles. The Kier molecular flexibility index (Phi) is 9.73. The van der Waals surface area contributed by atoms with Crippen molar-refractivity contribution in [2.75, 3.05) is 13.6 Å². The van der Waals surface area contributed by atoms with Gasteiger partial charge < -0.3 is 10.6 Å². The summed E-state index contributed by atoms with van der Waals surface area (Å²) in [5.74, 6) is 0.819. The molecule has 1 aliphatic rings. The fourth-order valence-electron chi connectivity index (χ4n) is 2.86. The maximum absolute atomic E-state index is 11.7. The first-order chi connectivity index (χ1) is 11.5. The van der Waals surface area contributed by atoms with Gasteiger partial charge in [-0.05, 0) is 37.9 Å². The molecule has 1 aromatic carbocycles. The predicted octanol–water partition coefficient (Wildman–Crippen LogP) is 2.35. The molecule has 1 saturated carbocycles. The molecule has 0 aromatic heterocycles. The van der Waals surface area contributed by atoms with E-state index in [4.69, 9.17) is 0 Å². The molecular formula is C17H29IN4O2S. The number of halogens is 1. The van der Waals surface area contributed by atoms with Crippen LogP contribution in [-0.2, 0) is 22.3 Å². The van der Waals surface area contributed by atoms with Gasteiger partial charge in [-0.2, -0.15) is 0 Å². The van der Waals surface area contributed by atoms with Gasteiger partial charge >= 0.3 is 0 Å². The fourth-order valence-corrected chi connectivity index (χ4v) is 3.63. The summed E-state index contributed by atoms with van der Waals surface area (Å²) >= 11 is 0. The van der Waals surface area contributed by atoms with E-state index >= 15 is 0 Å². The quantitative estimate of drug-likeness (QED) is 0.318. The number of sulfonamides is 1. The number of hydrogen-bond acceptors (Lipinski definition) is 3. The molecule has 1 aliphatic carbocycles. The highest BCUT2D eigenvalue weighted by Crippen LogP contribution is 2.17. The van der Waals surface area contributed by atoms with Crippen LogP contribution in [0.15, 0.2) is 29.3 Å². The first-order valence-electron chi connectivity index (χ1n) is 8.56. The van der Waals surface area contributed by atoms with Crippen molar-refractivity contribution in [2.45, 2.75) is 50.9 Å². The van der Waals surface area contributed by atoms with E-state index in [1.807, 2.05) is 24.3 Å². The Balaban J connectivity index is 0.00000312. The van der Waals surface area contributed by atoms with Crippen LogP contribution in [0.1, 0.15) is 43.7 Å². The Labute approximate surface area is 168 Å². The van der Waals surface area contributed by atoms with Gasteiger partial charge in [0.05, 0.1) is 12.3 Å². The maximum Gasteiger partial charge on any atom is 0.215 e. The van der Waals surface area contributed by atoms with Gasteiger partial charge in [-0.1, -0.05) is 37.1 Å². The Morgan fingerprint density at radius 2 is 1.92 bits per heavy atom. The Bertz CT molecular complexity index is 658. The first kappa shape index (κ1) is 22.2. The minimum absolute atomic E-state index is 0. The molecule has 25 heavy (non-hydrogen) atoms. The number of guanidine groups is 1. The van der Waals surface area contributed by atoms with Crippen LogP contribution in [0.3, 0.4) is 0 Å². The molecule has 1 fully saturated rings. The smallest absolute Gasteiger partial charge is 0.215 e. The number of rotatable bonds is 7. The summed E-state index contributed by atoms with van der Waals surface area (Å²) < 4.78 is 25.7. The third-order valence-corrected chi connectivity index (χ3v) is 5.45. The lowest BCUT2D eigenvalue weighted by Gasteiger charge is -2.16. The van der Waals surface area contributed by atoms with E-state index < -0.39 is 10.0 Å². The van der Waals surface area contributed by atoms with Gasteiger partial charge in [0.25, 0.3) is 0 Å². The molecular weight excluding hydrogens is 451 g/mol. The third kappa shape index (κ3) is 7.91. The van der Waals surface area contributed by atoms with Gasteiger partial charge in [-0.25, -0.2) is 18.1 Å². The Morgan fingerprint density at radius 1 is 1.24 bits per heavy atom. The molecule has 3 N–H and O–H groups in total. The van der Waals surface area contributed by atoms with Crippen molar-refractivity contribution in [1.82, 2.24) is 15.4 Å². The summed E-state index contributed by atoms with van der Waals surface area (Å²) in [6.45, 7) is 3.39. The van der Waals surface area contributed by atoms with Crippen LogP contribution in [0.25, 0.3) is 0 Å². The standard InChI is InChI=1S/C17H28N4O2S.HI/c1-3-19-17(21-16-9-4-5-10-16)20-12-14-7-6-8-15(11-14)13-24(22,23)18-2;/h6-8,11,16,18H,3-5,9-10,12-13H2,1-2H3,(H2,19,20,21);1H. The normalized spacial score (nSPS) is 15.7. The van der Waals surface area contributed by atoms with E-state index in [1.165, 1.54) is 32.7 Å². The van der Waals surface area contributed by atoms with Crippen molar-refractivity contribution in [3.63, 3.8) is 0 Å². The number of nitrogens with zero attached hydrogens (tertiary/aromatic N) is 1. The van der Waals surface area contributed by atoms with E-state index in [9.17, 15) is 8.42 Å². The van der Waals surface area contributed by atoms with Crippen molar-refractivity contribution < 1.29 is 8.42 Å². The summed E-state index contributed by atoms with van der Waals surface area (Å²) in [5, 5.41) is 6.76. The number of aliphatic imine (C=N–C) groups is 1. The zero-order chi connectivity index (χ0) is 17.4. The van der Waals surface area contributed by atoms with E-state index in [0.29, 0.717) is 12.6 Å². The average Bonchev–Trinajstić information content (AvgIpc) is 3.06. The Hall–Kier alpha value is -0.870. The zero-order valence-electron chi connectivity index (χ0n) is 14.9. The molecule has 2 rings (SSSR count). The summed E-state index contributed by atoms with van der Waals surface area (Å²) in [7, 11) is -1.82. The third-order valence-electron chi connectivity index (χ3n) is 4.12. The van der Waals surface area contributed by atoms with E-state index in [1.54, 1.807) is 0 Å². The summed E-state index contributed by atoms with van der Waals surface area (Å²) in [6, 6.07) is 8.08. The highest BCUT2D eigenvalue weighted by Gasteiger charge is 2.15. The van der Waals surface area contributed by atoms with Crippen LogP contribution in [0.5, 0.6) is 0 Å². The highest BCUT2D eigenvalue weighted by molar-refractivity contribution is 14.0. The average molecular weight is 480 g/mol. The Morgan fingerprint density at radius 3 is 2.56 bits per heavy atom. The fraction of sp³-hybridized carbons (Fsp3) is 0.588. The second-order valence-corrected chi connectivity index (χ2v) is 8.03. The molecule has 0 heterocycles. The molecule has 6 nitrogen and oxygen atoms in total. The molecule has 0 unspecified atom stereocenters. The second kappa shape index (κ2) is 11.0. The van der Waals surface area contributed by atoms with Crippen molar-refractivity contribution in [3.8, 4) is 0 Å². The molecule has 0 spiro atoms. The SMILES string of the molecule is CCNC(=NCc1cccc(CS(=O)(=O)NC)c1)NC1CCCC1.I. The van der Waals surface area contributed by atoms with Crippen molar-refractivity contribution >= 4 is 40.0 Å². The lowest BCUT2D eigenvalue weighted by atomic mass is 10.1. The first-order valence-corrected chi connectivity index (χ1v) is 10.2. The monoisotopic (exact) mass is 480 g/mol. The van der Waals surface area contributed by atoms with Crippen LogP contribution in [-0.4, -0.2) is 34.0 Å². The summed E-state index contributed by atoms with van der Waals surface area (Å²) in [5.41, 5.74) is 1.77. The van der Waals surface area contributed by atoms with Crippen LogP contribution in [0.4, 0.5) is 0 Å². The minimum Gasteiger partial charge on any atom is -0.357 e. The second-order valence-electron chi connectivity index (χ2n) is 6.10. The molecule has 8 heteroatoms. The molecule has 0 bridgehead atoms. The van der Waals surface area contributed by atoms with Gasteiger partial charge in [0, 0.05) is 12.6 Å². The number of hydrogen-bond donors (Lipinski definition) is 3. The highest BCUT2D eigenvalue weighted by atomic mass is 127. The largest absolute Gasteiger partial charge is 0.357 e. The van der Waals surface area contributed by atoms with Crippen LogP contribution in [0, 0.1) is 0 Å². The zero-order valence-corrected chi connectivity index (χ0v) is 18.1. The van der Waals surface area contributed by atoms with Crippen LogP contribution in [0.2, 0.25) is 0 Å². The molecule has 0 radical (unpaired) electrons. The molecule has 142 valence electrons. The lowest BCUT2D eigenvalue weighted by Crippen LogP contribution is -2.42. The van der Waals surface area contributed by atoms with Crippen molar-refractivity contribution in [3.05, 3.63) is 35.4 Å². The van der Waals surface area contributed by atoms with Gasteiger partial charge in [0.1, 0.15) is 0 Å². The molecule has 0 aliphatic heterocycles. The summed E-state index contributed by atoms with van der Waals surface area (Å²) in [6.07, 6.45) is 4.95. The molecule has 0 amide bonds. The predicted molar refractivity (Wildman–Crippen MR) is 114 cm³/mol. The maximum atomic E-state index is 11.7. The topological polar surface area (TPSA) is 82.6 Å². The summed E-state index contributed by atoms with van der Waals surface area (Å²) in [4.78, 5) is 4.63. The van der Waals surface area contributed by atoms with Crippen molar-refractivity contribution in [1.29, 1.82) is 0 Å². The van der Waals surface area contributed by atoms with E-state index in [-0.39, 0.29) is 29.7 Å². The minimum atomic E-state index is -3.26. The van der Waals surface area contributed by atoms with Gasteiger partial charge in [-0.15, -0.1) is 24.0 Å². The number of nitrogens with one attached hydrogen (secondary N) is 3. The van der Waals surface area contributed by atoms with Crippen molar-refractivity contribution in [2.24, 2.45) is 4.99 Å². The molecule has 1 aromatic rings. The van der Waals surface area contributed by atoms with Crippen LogP contribution >= 0.6 is 24.0 Å². The van der Waals surface area contributed by atoms with Gasteiger partial charge in [0.15, 0.2) is 5.96 Å². The number of benzene rings is 1. The van der Waals surface area contributed by atoms with Gasteiger partial charge in [0.2, 0.25) is 10.0 Å². The van der Waals surface area contributed by atoms with Gasteiger partial charge in [-0.3, -0.25) is 0 Å².